The van der Waals surface area contributed by atoms with Gasteiger partial charge in [-0.05, 0) is 73.6 Å². The first-order valence-corrected chi connectivity index (χ1v) is 9.28. The number of ether oxygens (including phenoxy) is 1. The number of carbonyl (C=O) groups excluding carboxylic acids is 1. The maximum atomic E-state index is 12.3. The number of benzene rings is 2. The Morgan fingerprint density at radius 3 is 2.64 bits per heavy atom. The van der Waals surface area contributed by atoms with Crippen LogP contribution in [0.25, 0.3) is 0 Å². The van der Waals surface area contributed by atoms with Crippen LogP contribution in [0.1, 0.15) is 36.5 Å². The van der Waals surface area contributed by atoms with Gasteiger partial charge < -0.3 is 10.1 Å². The molecule has 0 aliphatic heterocycles. The molecular formula is C20H21Cl2NO2. The van der Waals surface area contributed by atoms with E-state index in [0.717, 1.165) is 24.2 Å². The molecule has 1 aliphatic carbocycles. The quantitative estimate of drug-likeness (QED) is 0.799. The highest BCUT2D eigenvalue weighted by Gasteiger charge is 2.16. The van der Waals surface area contributed by atoms with Gasteiger partial charge in [0.2, 0.25) is 0 Å². The van der Waals surface area contributed by atoms with Crippen LogP contribution in [0.5, 0.6) is 5.75 Å². The normalized spacial score (nSPS) is 14.5. The zero-order chi connectivity index (χ0) is 17.8. The summed E-state index contributed by atoms with van der Waals surface area (Å²) < 4.78 is 5.81. The molecule has 1 aliphatic rings. The maximum absolute atomic E-state index is 12.3. The van der Waals surface area contributed by atoms with Crippen LogP contribution in [0, 0.1) is 0 Å². The van der Waals surface area contributed by atoms with E-state index in [9.17, 15) is 4.79 Å². The lowest BCUT2D eigenvalue weighted by Crippen LogP contribution is -2.36. The lowest BCUT2D eigenvalue weighted by molar-refractivity contribution is -0.127. The van der Waals surface area contributed by atoms with Crippen molar-refractivity contribution in [3.63, 3.8) is 0 Å². The van der Waals surface area contributed by atoms with E-state index in [1.165, 1.54) is 24.0 Å². The fourth-order valence-corrected chi connectivity index (χ4v) is 3.51. The Hall–Kier alpha value is -1.71. The number of hydrogen-bond donors (Lipinski definition) is 1. The third kappa shape index (κ3) is 4.68. The highest BCUT2D eigenvalue weighted by molar-refractivity contribution is 6.35. The summed E-state index contributed by atoms with van der Waals surface area (Å²) in [7, 11) is 0. The summed E-state index contributed by atoms with van der Waals surface area (Å²) >= 11 is 12.0. The van der Waals surface area contributed by atoms with Crippen molar-refractivity contribution in [2.45, 2.75) is 45.3 Å². The van der Waals surface area contributed by atoms with E-state index in [4.69, 9.17) is 27.9 Å². The molecule has 3 nitrogen and oxygen atoms in total. The molecule has 0 saturated heterocycles. The number of hydrogen-bond acceptors (Lipinski definition) is 2. The Balaban J connectivity index is 1.57. The minimum atomic E-state index is -0.576. The molecule has 0 unspecified atom stereocenters. The first-order chi connectivity index (χ1) is 12.0. The molecule has 0 spiro atoms. The zero-order valence-corrected chi connectivity index (χ0v) is 15.7. The first kappa shape index (κ1) is 18.1. The summed E-state index contributed by atoms with van der Waals surface area (Å²) in [5.74, 6) is 0.566. The molecule has 1 atom stereocenters. The predicted molar refractivity (Wildman–Crippen MR) is 101 cm³/mol. The van der Waals surface area contributed by atoms with Gasteiger partial charge in [0.25, 0.3) is 5.91 Å². The van der Waals surface area contributed by atoms with Crippen LogP contribution in [-0.2, 0) is 24.2 Å². The van der Waals surface area contributed by atoms with Crippen LogP contribution in [0.3, 0.4) is 0 Å². The molecule has 0 heterocycles. The minimum Gasteiger partial charge on any atom is -0.481 e. The fourth-order valence-electron chi connectivity index (χ4n) is 3.03. The molecular weight excluding hydrogens is 357 g/mol. The minimum absolute atomic E-state index is 0.177. The summed E-state index contributed by atoms with van der Waals surface area (Å²) in [5.41, 5.74) is 3.55. The molecule has 0 saturated carbocycles. The molecule has 0 radical (unpaired) electrons. The SMILES string of the molecule is C[C@H](Oc1ccc2c(c1)CCCC2)C(=O)NCc1ccc(Cl)cc1Cl. The van der Waals surface area contributed by atoms with Crippen LogP contribution in [0.2, 0.25) is 10.0 Å². The first-order valence-electron chi connectivity index (χ1n) is 8.53. The Morgan fingerprint density at radius 2 is 1.88 bits per heavy atom. The van der Waals surface area contributed by atoms with Gasteiger partial charge in [-0.3, -0.25) is 4.79 Å². The number of fused-ring (bicyclic) bond motifs is 1. The van der Waals surface area contributed by atoms with E-state index >= 15 is 0 Å². The van der Waals surface area contributed by atoms with E-state index in [2.05, 4.69) is 17.4 Å². The molecule has 3 rings (SSSR count). The van der Waals surface area contributed by atoms with Gasteiger partial charge >= 0.3 is 0 Å². The average molecular weight is 378 g/mol. The Kier molecular flexibility index (Phi) is 5.87. The number of halogens is 2. The van der Waals surface area contributed by atoms with Gasteiger partial charge in [0, 0.05) is 16.6 Å². The summed E-state index contributed by atoms with van der Waals surface area (Å²) in [6, 6.07) is 11.3. The van der Waals surface area contributed by atoms with Crippen molar-refractivity contribution in [3.05, 3.63) is 63.1 Å². The number of carbonyl (C=O) groups is 1. The number of aryl methyl sites for hydroxylation is 2. The van der Waals surface area contributed by atoms with Crippen LogP contribution < -0.4 is 10.1 Å². The third-order valence-electron chi connectivity index (χ3n) is 4.47. The second-order valence-corrected chi connectivity index (χ2v) is 7.19. The van der Waals surface area contributed by atoms with Gasteiger partial charge in [-0.15, -0.1) is 0 Å². The molecule has 132 valence electrons. The third-order valence-corrected chi connectivity index (χ3v) is 5.06. The Bertz CT molecular complexity index is 776. The van der Waals surface area contributed by atoms with Gasteiger partial charge in [-0.2, -0.15) is 0 Å². The molecule has 1 amide bonds. The number of nitrogens with one attached hydrogen (secondary N) is 1. The lowest BCUT2D eigenvalue weighted by Gasteiger charge is -2.19. The Labute approximate surface area is 158 Å². The summed E-state index contributed by atoms with van der Waals surface area (Å²) in [6.45, 7) is 2.09. The van der Waals surface area contributed by atoms with Crippen LogP contribution in [0.15, 0.2) is 36.4 Å². The van der Waals surface area contributed by atoms with E-state index in [1.807, 2.05) is 6.07 Å². The smallest absolute Gasteiger partial charge is 0.261 e. The highest BCUT2D eigenvalue weighted by atomic mass is 35.5. The van der Waals surface area contributed by atoms with Gasteiger partial charge in [0.05, 0.1) is 0 Å². The number of rotatable bonds is 5. The van der Waals surface area contributed by atoms with Crippen LogP contribution >= 0.6 is 23.2 Å². The summed E-state index contributed by atoms with van der Waals surface area (Å²) in [5, 5.41) is 3.96. The second-order valence-electron chi connectivity index (χ2n) is 6.35. The molecule has 5 heteroatoms. The second kappa shape index (κ2) is 8.11. The van der Waals surface area contributed by atoms with Crippen LogP contribution in [0.4, 0.5) is 0 Å². The standard InChI is InChI=1S/C20H21Cl2NO2/c1-13(20(24)23-12-16-6-8-17(21)11-19(16)22)25-18-9-7-14-4-2-3-5-15(14)10-18/h6-11,13H,2-5,12H2,1H3,(H,23,24)/t13-/m0/s1. The zero-order valence-electron chi connectivity index (χ0n) is 14.1. The highest BCUT2D eigenvalue weighted by Crippen LogP contribution is 2.26. The van der Waals surface area contributed by atoms with Crippen molar-refractivity contribution in [1.82, 2.24) is 5.32 Å². The Morgan fingerprint density at radius 1 is 1.12 bits per heavy atom. The summed E-state index contributed by atoms with van der Waals surface area (Å²) in [6.07, 6.45) is 4.11. The topological polar surface area (TPSA) is 38.3 Å². The van der Waals surface area contributed by atoms with Crippen molar-refractivity contribution >= 4 is 29.1 Å². The molecule has 0 fully saturated rings. The molecule has 25 heavy (non-hydrogen) atoms. The fraction of sp³-hybridized carbons (Fsp3) is 0.350. The molecule has 0 aromatic heterocycles. The van der Waals surface area contributed by atoms with Crippen molar-refractivity contribution in [2.24, 2.45) is 0 Å². The maximum Gasteiger partial charge on any atom is 0.261 e. The van der Waals surface area contributed by atoms with Gasteiger partial charge in [0.1, 0.15) is 5.75 Å². The van der Waals surface area contributed by atoms with Crippen molar-refractivity contribution in [3.8, 4) is 5.75 Å². The van der Waals surface area contributed by atoms with Crippen LogP contribution in [-0.4, -0.2) is 12.0 Å². The van der Waals surface area contributed by atoms with Crippen molar-refractivity contribution in [1.29, 1.82) is 0 Å². The lowest BCUT2D eigenvalue weighted by atomic mass is 9.92. The van der Waals surface area contributed by atoms with E-state index in [1.54, 1.807) is 25.1 Å². The van der Waals surface area contributed by atoms with Gasteiger partial charge in [-0.1, -0.05) is 35.3 Å². The van der Waals surface area contributed by atoms with E-state index < -0.39 is 6.10 Å². The van der Waals surface area contributed by atoms with E-state index in [-0.39, 0.29) is 5.91 Å². The van der Waals surface area contributed by atoms with Crippen molar-refractivity contribution < 1.29 is 9.53 Å². The molecule has 2 aromatic rings. The molecule has 0 bridgehead atoms. The predicted octanol–water partition coefficient (Wildman–Crippen LogP) is 4.96. The van der Waals surface area contributed by atoms with Crippen molar-refractivity contribution in [2.75, 3.05) is 0 Å². The molecule has 1 N–H and O–H groups in total. The van der Waals surface area contributed by atoms with Gasteiger partial charge in [0.15, 0.2) is 6.10 Å². The monoisotopic (exact) mass is 377 g/mol. The average Bonchev–Trinajstić information content (AvgIpc) is 2.60. The van der Waals surface area contributed by atoms with Gasteiger partial charge in [-0.25, -0.2) is 0 Å². The van der Waals surface area contributed by atoms with E-state index in [0.29, 0.717) is 16.6 Å². The number of amides is 1. The summed E-state index contributed by atoms with van der Waals surface area (Å²) in [4.78, 5) is 12.3. The molecule has 2 aromatic carbocycles. The largest absolute Gasteiger partial charge is 0.481 e.